The van der Waals surface area contributed by atoms with Crippen LogP contribution in [0.1, 0.15) is 62.7 Å². The fourth-order valence-electron chi connectivity index (χ4n) is 4.24. The van der Waals surface area contributed by atoms with Crippen LogP contribution in [-0.2, 0) is 9.59 Å². The fraction of sp³-hybridized carbons (Fsp3) is 0.609. The first kappa shape index (κ1) is 22.9. The van der Waals surface area contributed by atoms with Crippen molar-refractivity contribution < 1.29 is 23.9 Å². The van der Waals surface area contributed by atoms with Crippen LogP contribution in [0.15, 0.2) is 12.1 Å². The van der Waals surface area contributed by atoms with Crippen molar-refractivity contribution in [3.63, 3.8) is 0 Å². The smallest absolute Gasteiger partial charge is 0.256 e. The first-order chi connectivity index (χ1) is 15.0. The molecule has 0 saturated carbocycles. The molecule has 3 amide bonds. The molecule has 0 radical (unpaired) electrons. The summed E-state index contributed by atoms with van der Waals surface area (Å²) in [5.41, 5.74) is 0.891. The normalized spacial score (nSPS) is 17.5. The second-order valence-electron chi connectivity index (χ2n) is 7.92. The standard InChI is InChI=1S/C23H33N3O5/c1-4-25(5-2)21(27)11-7-6-8-13-31-20-15-17-16(14-19(20)30-3)23(29)26-12-9-10-18(26)22(28)24-17/h14-15,18H,4-13H2,1-3H3,(H,24,28)/t18-/m0/s1. The molecule has 1 fully saturated rings. The Morgan fingerprint density at radius 3 is 2.65 bits per heavy atom. The monoisotopic (exact) mass is 431 g/mol. The number of carbonyl (C=O) groups is 3. The molecule has 1 atom stereocenters. The zero-order valence-corrected chi connectivity index (χ0v) is 18.7. The lowest BCUT2D eigenvalue weighted by atomic mass is 10.1. The number of nitrogens with zero attached hydrogens (tertiary/aromatic N) is 2. The van der Waals surface area contributed by atoms with Crippen molar-refractivity contribution in [3.05, 3.63) is 17.7 Å². The molecule has 170 valence electrons. The van der Waals surface area contributed by atoms with E-state index in [0.717, 1.165) is 38.8 Å². The molecule has 1 N–H and O–H groups in total. The van der Waals surface area contributed by atoms with Crippen LogP contribution in [0.4, 0.5) is 5.69 Å². The Morgan fingerprint density at radius 2 is 1.94 bits per heavy atom. The second kappa shape index (κ2) is 10.5. The molecule has 1 saturated heterocycles. The van der Waals surface area contributed by atoms with Crippen molar-refractivity contribution in [2.24, 2.45) is 0 Å². The van der Waals surface area contributed by atoms with Crippen molar-refractivity contribution >= 4 is 23.4 Å². The first-order valence-corrected chi connectivity index (χ1v) is 11.2. The summed E-state index contributed by atoms with van der Waals surface area (Å²) in [6, 6.07) is 2.92. The van der Waals surface area contributed by atoms with Crippen molar-refractivity contribution in [3.8, 4) is 11.5 Å². The lowest BCUT2D eigenvalue weighted by Crippen LogP contribution is -2.40. The average Bonchev–Trinajstić information content (AvgIpc) is 3.23. The maximum atomic E-state index is 12.9. The predicted octanol–water partition coefficient (Wildman–Crippen LogP) is 3.06. The highest BCUT2D eigenvalue weighted by Crippen LogP contribution is 2.37. The molecule has 0 spiro atoms. The molecule has 8 heteroatoms. The van der Waals surface area contributed by atoms with Gasteiger partial charge in [0.15, 0.2) is 11.5 Å². The minimum Gasteiger partial charge on any atom is -0.493 e. The molecule has 3 rings (SSSR count). The average molecular weight is 432 g/mol. The zero-order chi connectivity index (χ0) is 22.4. The van der Waals surface area contributed by atoms with Gasteiger partial charge in [0.1, 0.15) is 6.04 Å². The van der Waals surface area contributed by atoms with Crippen molar-refractivity contribution in [1.29, 1.82) is 0 Å². The van der Waals surface area contributed by atoms with E-state index in [9.17, 15) is 14.4 Å². The van der Waals surface area contributed by atoms with Crippen LogP contribution in [0.25, 0.3) is 0 Å². The van der Waals surface area contributed by atoms with Crippen molar-refractivity contribution in [1.82, 2.24) is 9.80 Å². The van der Waals surface area contributed by atoms with Crippen LogP contribution in [0.3, 0.4) is 0 Å². The van der Waals surface area contributed by atoms with E-state index in [2.05, 4.69) is 5.32 Å². The van der Waals surface area contributed by atoms with E-state index in [1.165, 1.54) is 7.11 Å². The largest absolute Gasteiger partial charge is 0.493 e. The Balaban J connectivity index is 1.58. The number of unbranched alkanes of at least 4 members (excludes halogenated alkanes) is 2. The molecule has 2 aliphatic rings. The number of hydrogen-bond donors (Lipinski definition) is 1. The molecule has 0 bridgehead atoms. The van der Waals surface area contributed by atoms with E-state index in [0.29, 0.717) is 48.7 Å². The van der Waals surface area contributed by atoms with Crippen molar-refractivity contribution in [2.75, 3.05) is 38.7 Å². The maximum absolute atomic E-state index is 12.9. The SMILES string of the molecule is CCN(CC)C(=O)CCCCCOc1cc2c(cc1OC)C(=O)N1CCC[C@H]1C(=O)N2. The topological polar surface area (TPSA) is 88.2 Å². The fourth-order valence-corrected chi connectivity index (χ4v) is 4.24. The van der Waals surface area contributed by atoms with Gasteiger partial charge in [-0.2, -0.15) is 0 Å². The van der Waals surface area contributed by atoms with Gasteiger partial charge in [0, 0.05) is 32.1 Å². The second-order valence-corrected chi connectivity index (χ2v) is 7.92. The number of anilines is 1. The number of carbonyl (C=O) groups excluding carboxylic acids is 3. The molecule has 0 aromatic heterocycles. The number of fused-ring (bicyclic) bond motifs is 2. The van der Waals surface area contributed by atoms with Gasteiger partial charge in [0.25, 0.3) is 5.91 Å². The van der Waals surface area contributed by atoms with Gasteiger partial charge in [-0.1, -0.05) is 0 Å². The van der Waals surface area contributed by atoms with Gasteiger partial charge in [0.2, 0.25) is 11.8 Å². The quantitative estimate of drug-likeness (QED) is 0.575. The summed E-state index contributed by atoms with van der Waals surface area (Å²) in [5.74, 6) is 0.850. The molecule has 1 aromatic rings. The summed E-state index contributed by atoms with van der Waals surface area (Å²) < 4.78 is 11.3. The molecule has 0 unspecified atom stereocenters. The number of nitrogens with one attached hydrogen (secondary N) is 1. The van der Waals surface area contributed by atoms with Crippen LogP contribution in [0, 0.1) is 0 Å². The Kier molecular flexibility index (Phi) is 7.76. The Labute approximate surface area is 183 Å². The Morgan fingerprint density at radius 1 is 1.16 bits per heavy atom. The number of hydrogen-bond acceptors (Lipinski definition) is 5. The third-order valence-electron chi connectivity index (χ3n) is 6.02. The van der Waals surface area contributed by atoms with Gasteiger partial charge < -0.3 is 24.6 Å². The molecule has 8 nitrogen and oxygen atoms in total. The summed E-state index contributed by atoms with van der Waals surface area (Å²) in [5, 5.41) is 2.88. The first-order valence-electron chi connectivity index (χ1n) is 11.2. The van der Waals surface area contributed by atoms with E-state index in [1.807, 2.05) is 18.7 Å². The van der Waals surface area contributed by atoms with E-state index in [1.54, 1.807) is 17.0 Å². The van der Waals surface area contributed by atoms with E-state index >= 15 is 0 Å². The Bertz CT molecular complexity index is 822. The van der Waals surface area contributed by atoms with Gasteiger partial charge in [-0.3, -0.25) is 14.4 Å². The summed E-state index contributed by atoms with van der Waals surface area (Å²) in [4.78, 5) is 41.0. The number of rotatable bonds is 10. The highest BCUT2D eigenvalue weighted by molar-refractivity contribution is 6.10. The van der Waals surface area contributed by atoms with E-state index in [-0.39, 0.29) is 17.7 Å². The number of benzene rings is 1. The van der Waals surface area contributed by atoms with Crippen LogP contribution in [0.2, 0.25) is 0 Å². The van der Waals surface area contributed by atoms with Crippen LogP contribution < -0.4 is 14.8 Å². The van der Waals surface area contributed by atoms with E-state index < -0.39 is 6.04 Å². The van der Waals surface area contributed by atoms with Crippen LogP contribution in [-0.4, -0.2) is 66.9 Å². The molecule has 1 aromatic carbocycles. The van der Waals surface area contributed by atoms with Crippen molar-refractivity contribution in [2.45, 2.75) is 58.4 Å². The minimum absolute atomic E-state index is 0.154. The number of methoxy groups -OCH3 is 1. The van der Waals surface area contributed by atoms with Gasteiger partial charge in [0.05, 0.1) is 25.0 Å². The number of ether oxygens (including phenoxy) is 2. The maximum Gasteiger partial charge on any atom is 0.256 e. The Hall–Kier alpha value is -2.77. The predicted molar refractivity (Wildman–Crippen MR) is 118 cm³/mol. The van der Waals surface area contributed by atoms with Crippen LogP contribution in [0.5, 0.6) is 11.5 Å². The van der Waals surface area contributed by atoms with Crippen LogP contribution >= 0.6 is 0 Å². The third-order valence-corrected chi connectivity index (χ3v) is 6.02. The third kappa shape index (κ3) is 5.11. The summed E-state index contributed by atoms with van der Waals surface area (Å²) in [6.07, 6.45) is 4.57. The van der Waals surface area contributed by atoms with Gasteiger partial charge in [-0.25, -0.2) is 0 Å². The molecule has 31 heavy (non-hydrogen) atoms. The van der Waals surface area contributed by atoms with Gasteiger partial charge in [-0.05, 0) is 52.0 Å². The minimum atomic E-state index is -0.408. The molecule has 2 heterocycles. The molecule has 2 aliphatic heterocycles. The number of amides is 3. The molecular formula is C23H33N3O5. The zero-order valence-electron chi connectivity index (χ0n) is 18.7. The summed E-state index contributed by atoms with van der Waals surface area (Å²) >= 11 is 0. The van der Waals surface area contributed by atoms with Gasteiger partial charge in [-0.15, -0.1) is 0 Å². The van der Waals surface area contributed by atoms with Gasteiger partial charge >= 0.3 is 0 Å². The van der Waals surface area contributed by atoms with E-state index in [4.69, 9.17) is 9.47 Å². The summed E-state index contributed by atoms with van der Waals surface area (Å²) in [7, 11) is 1.53. The lowest BCUT2D eigenvalue weighted by Gasteiger charge is -2.20. The highest BCUT2D eigenvalue weighted by Gasteiger charge is 2.39. The highest BCUT2D eigenvalue weighted by atomic mass is 16.5. The molecular weight excluding hydrogens is 398 g/mol. The molecule has 0 aliphatic carbocycles. The summed E-state index contributed by atoms with van der Waals surface area (Å²) in [6.45, 7) is 6.52. The lowest BCUT2D eigenvalue weighted by molar-refractivity contribution is -0.131.